The molecule has 0 saturated heterocycles. The van der Waals surface area contributed by atoms with Gasteiger partial charge in [0.15, 0.2) is 11.1 Å². The van der Waals surface area contributed by atoms with E-state index in [0.29, 0.717) is 12.6 Å². The minimum atomic E-state index is 0. The highest BCUT2D eigenvalue weighted by molar-refractivity contribution is 14.0. The monoisotopic (exact) mass is 451 g/mol. The smallest absolute Gasteiger partial charge is 0.191 e. The van der Waals surface area contributed by atoms with Gasteiger partial charge in [0, 0.05) is 32.6 Å². The molecule has 132 valence electrons. The van der Waals surface area contributed by atoms with Crippen molar-refractivity contribution >= 4 is 46.4 Å². The van der Waals surface area contributed by atoms with Crippen LogP contribution < -0.4 is 15.5 Å². The summed E-state index contributed by atoms with van der Waals surface area (Å²) >= 11 is 1.67. The molecule has 1 aliphatic carbocycles. The SMILES string of the molecule is CN=C(NCc1csc(N(C)C)n1)NC1CC(C)CC(C)C1.I. The molecule has 0 spiro atoms. The molecule has 1 fully saturated rings. The van der Waals surface area contributed by atoms with Gasteiger partial charge in [-0.3, -0.25) is 4.99 Å². The van der Waals surface area contributed by atoms with Crippen molar-refractivity contribution in [2.45, 2.75) is 45.7 Å². The number of nitrogens with zero attached hydrogens (tertiary/aromatic N) is 3. The van der Waals surface area contributed by atoms with Gasteiger partial charge in [-0.1, -0.05) is 13.8 Å². The number of nitrogens with one attached hydrogen (secondary N) is 2. The van der Waals surface area contributed by atoms with Crippen LogP contribution in [0.25, 0.3) is 0 Å². The largest absolute Gasteiger partial charge is 0.354 e. The van der Waals surface area contributed by atoms with Gasteiger partial charge < -0.3 is 15.5 Å². The van der Waals surface area contributed by atoms with Crippen molar-refractivity contribution in [1.82, 2.24) is 15.6 Å². The predicted molar refractivity (Wildman–Crippen MR) is 111 cm³/mol. The first-order valence-electron chi connectivity index (χ1n) is 8.06. The van der Waals surface area contributed by atoms with E-state index in [4.69, 9.17) is 0 Å². The predicted octanol–water partition coefficient (Wildman–Crippen LogP) is 3.32. The Morgan fingerprint density at radius 2 is 1.96 bits per heavy atom. The van der Waals surface area contributed by atoms with Gasteiger partial charge in [0.2, 0.25) is 0 Å². The van der Waals surface area contributed by atoms with E-state index in [1.165, 1.54) is 19.3 Å². The number of hydrogen-bond acceptors (Lipinski definition) is 4. The highest BCUT2D eigenvalue weighted by Gasteiger charge is 2.24. The summed E-state index contributed by atoms with van der Waals surface area (Å²) in [6.07, 6.45) is 3.80. The van der Waals surface area contributed by atoms with Gasteiger partial charge in [0.05, 0.1) is 12.2 Å². The normalized spacial score (nSPS) is 24.7. The van der Waals surface area contributed by atoms with E-state index in [0.717, 1.165) is 28.6 Å². The lowest BCUT2D eigenvalue weighted by molar-refractivity contribution is 0.255. The lowest BCUT2D eigenvalue weighted by atomic mass is 9.80. The Labute approximate surface area is 161 Å². The molecule has 1 aliphatic rings. The molecule has 0 radical (unpaired) electrons. The third-order valence-corrected chi connectivity index (χ3v) is 5.16. The van der Waals surface area contributed by atoms with Crippen LogP contribution >= 0.6 is 35.3 Å². The number of aliphatic imine (C=N–C) groups is 1. The van der Waals surface area contributed by atoms with E-state index in [9.17, 15) is 0 Å². The fourth-order valence-electron chi connectivity index (χ4n) is 3.21. The van der Waals surface area contributed by atoms with Crippen LogP contribution in [-0.4, -0.2) is 38.1 Å². The fourth-order valence-corrected chi connectivity index (χ4v) is 3.97. The molecule has 2 N–H and O–H groups in total. The van der Waals surface area contributed by atoms with Crippen molar-refractivity contribution in [3.63, 3.8) is 0 Å². The minimum absolute atomic E-state index is 0. The number of anilines is 1. The molecule has 5 nitrogen and oxygen atoms in total. The van der Waals surface area contributed by atoms with E-state index in [-0.39, 0.29) is 24.0 Å². The molecule has 1 heterocycles. The molecule has 2 atom stereocenters. The van der Waals surface area contributed by atoms with Crippen LogP contribution in [0.15, 0.2) is 10.4 Å². The summed E-state index contributed by atoms with van der Waals surface area (Å²) in [6, 6.07) is 0.526. The molecule has 0 amide bonds. The molecule has 0 aromatic carbocycles. The van der Waals surface area contributed by atoms with Crippen molar-refractivity contribution in [3.05, 3.63) is 11.1 Å². The lowest BCUT2D eigenvalue weighted by Gasteiger charge is -2.32. The van der Waals surface area contributed by atoms with E-state index < -0.39 is 0 Å². The molecule has 2 unspecified atom stereocenters. The van der Waals surface area contributed by atoms with Crippen LogP contribution in [0.5, 0.6) is 0 Å². The number of halogens is 1. The van der Waals surface area contributed by atoms with Crippen LogP contribution in [-0.2, 0) is 6.54 Å². The summed E-state index contributed by atoms with van der Waals surface area (Å²) < 4.78 is 0. The summed E-state index contributed by atoms with van der Waals surface area (Å²) in [4.78, 5) is 11.0. The van der Waals surface area contributed by atoms with Crippen LogP contribution in [0.1, 0.15) is 38.8 Å². The summed E-state index contributed by atoms with van der Waals surface area (Å²) in [5, 5.41) is 10.1. The summed E-state index contributed by atoms with van der Waals surface area (Å²) in [5.74, 6) is 2.46. The number of hydrogen-bond donors (Lipinski definition) is 2. The second-order valence-corrected chi connectivity index (χ2v) is 7.54. The van der Waals surface area contributed by atoms with Crippen molar-refractivity contribution in [1.29, 1.82) is 0 Å². The highest BCUT2D eigenvalue weighted by Crippen LogP contribution is 2.28. The van der Waals surface area contributed by atoms with Gasteiger partial charge >= 0.3 is 0 Å². The van der Waals surface area contributed by atoms with Gasteiger partial charge in [-0.25, -0.2) is 4.98 Å². The average Bonchev–Trinajstić information content (AvgIpc) is 2.91. The average molecular weight is 451 g/mol. The Morgan fingerprint density at radius 3 is 2.48 bits per heavy atom. The standard InChI is InChI=1S/C16H29N5S.HI/c1-11-6-12(2)8-13(7-11)19-15(17-3)18-9-14-10-22-16(20-14)21(4)5;/h10-13H,6-9H2,1-5H3,(H2,17,18,19);1H. The molecular weight excluding hydrogens is 421 g/mol. The highest BCUT2D eigenvalue weighted by atomic mass is 127. The summed E-state index contributed by atoms with van der Waals surface area (Å²) in [5.41, 5.74) is 1.06. The molecule has 0 aliphatic heterocycles. The first kappa shape index (κ1) is 20.5. The van der Waals surface area contributed by atoms with E-state index >= 15 is 0 Å². The number of rotatable bonds is 4. The van der Waals surface area contributed by atoms with Gasteiger partial charge in [-0.15, -0.1) is 35.3 Å². The quantitative estimate of drug-likeness (QED) is 0.419. The Balaban J connectivity index is 0.00000264. The molecule has 1 aromatic rings. The molecule has 1 saturated carbocycles. The second kappa shape index (κ2) is 9.66. The third-order valence-electron chi connectivity index (χ3n) is 4.10. The maximum atomic E-state index is 4.59. The summed E-state index contributed by atoms with van der Waals surface area (Å²) in [7, 11) is 5.86. The zero-order valence-corrected chi connectivity index (χ0v) is 17.9. The van der Waals surface area contributed by atoms with Crippen LogP contribution in [0.4, 0.5) is 5.13 Å². The number of aromatic nitrogens is 1. The Morgan fingerprint density at radius 1 is 1.30 bits per heavy atom. The first-order valence-corrected chi connectivity index (χ1v) is 8.94. The molecule has 1 aromatic heterocycles. The fraction of sp³-hybridized carbons (Fsp3) is 0.750. The molecule has 2 rings (SSSR count). The van der Waals surface area contributed by atoms with Gasteiger partial charge in [-0.2, -0.15) is 0 Å². The van der Waals surface area contributed by atoms with Gasteiger partial charge in [0.1, 0.15) is 0 Å². The molecular formula is C16H30IN5S. The maximum absolute atomic E-state index is 4.59. The van der Waals surface area contributed by atoms with Crippen molar-refractivity contribution in [2.24, 2.45) is 16.8 Å². The number of guanidine groups is 1. The minimum Gasteiger partial charge on any atom is -0.354 e. The van der Waals surface area contributed by atoms with Crippen LogP contribution in [0.3, 0.4) is 0 Å². The van der Waals surface area contributed by atoms with E-state index in [1.807, 2.05) is 26.0 Å². The Bertz CT molecular complexity index is 492. The van der Waals surface area contributed by atoms with E-state index in [2.05, 4.69) is 39.8 Å². The van der Waals surface area contributed by atoms with Crippen LogP contribution in [0, 0.1) is 11.8 Å². The Hall–Kier alpha value is -0.570. The van der Waals surface area contributed by atoms with Crippen molar-refractivity contribution < 1.29 is 0 Å². The summed E-state index contributed by atoms with van der Waals surface area (Å²) in [6.45, 7) is 5.40. The Kier molecular flexibility index (Phi) is 8.60. The number of thiazole rings is 1. The molecule has 7 heteroatoms. The van der Waals surface area contributed by atoms with Crippen LogP contribution in [0.2, 0.25) is 0 Å². The maximum Gasteiger partial charge on any atom is 0.191 e. The zero-order chi connectivity index (χ0) is 16.1. The molecule has 23 heavy (non-hydrogen) atoms. The van der Waals surface area contributed by atoms with Crippen molar-refractivity contribution in [3.8, 4) is 0 Å². The third kappa shape index (κ3) is 6.45. The van der Waals surface area contributed by atoms with Gasteiger partial charge in [-0.05, 0) is 31.1 Å². The zero-order valence-electron chi connectivity index (χ0n) is 14.8. The topological polar surface area (TPSA) is 52.6 Å². The first-order chi connectivity index (χ1) is 10.5. The van der Waals surface area contributed by atoms with Crippen molar-refractivity contribution in [2.75, 3.05) is 26.0 Å². The second-order valence-electron chi connectivity index (χ2n) is 6.70. The van der Waals surface area contributed by atoms with E-state index in [1.54, 1.807) is 11.3 Å². The lowest BCUT2D eigenvalue weighted by Crippen LogP contribution is -2.46. The molecule has 0 bridgehead atoms. The van der Waals surface area contributed by atoms with Gasteiger partial charge in [0.25, 0.3) is 0 Å².